The first-order chi connectivity index (χ1) is 9.83. The molecule has 0 amide bonds. The van der Waals surface area contributed by atoms with E-state index in [0.29, 0.717) is 0 Å². The number of thiophene rings is 1. The van der Waals surface area contributed by atoms with Crippen LogP contribution in [0.4, 0.5) is 5.69 Å². The summed E-state index contributed by atoms with van der Waals surface area (Å²) in [6.45, 7) is 6.27. The lowest BCUT2D eigenvalue weighted by atomic mass is 10.1. The maximum atomic E-state index is 11.8. The predicted octanol–water partition coefficient (Wildman–Crippen LogP) is 3.45. The van der Waals surface area contributed by atoms with Gasteiger partial charge in [-0.3, -0.25) is 0 Å². The standard InChI is InChI=1S/C15H20N2O2S2/c1-10-8-15(12(3)20-10)11(2)17-13-6-5-7-14(9-13)21(18,19)16-4/h5-9,11,16-17H,1-4H3. The number of anilines is 1. The van der Waals surface area contributed by atoms with E-state index >= 15 is 0 Å². The smallest absolute Gasteiger partial charge is 0.240 e. The van der Waals surface area contributed by atoms with Crippen LogP contribution in [0.15, 0.2) is 35.2 Å². The van der Waals surface area contributed by atoms with E-state index in [1.165, 1.54) is 22.4 Å². The normalized spacial score (nSPS) is 13.1. The SMILES string of the molecule is CNS(=O)(=O)c1cccc(NC(C)c2cc(C)sc2C)c1. The summed E-state index contributed by atoms with van der Waals surface area (Å²) in [5, 5.41) is 3.36. The molecule has 0 aliphatic carbocycles. The van der Waals surface area contributed by atoms with E-state index in [1.54, 1.807) is 29.5 Å². The van der Waals surface area contributed by atoms with Crippen molar-refractivity contribution in [3.05, 3.63) is 45.6 Å². The maximum Gasteiger partial charge on any atom is 0.240 e. The Balaban J connectivity index is 2.24. The van der Waals surface area contributed by atoms with Crippen molar-refractivity contribution in [1.29, 1.82) is 0 Å². The van der Waals surface area contributed by atoms with Crippen molar-refractivity contribution in [2.45, 2.75) is 31.7 Å². The molecule has 2 N–H and O–H groups in total. The van der Waals surface area contributed by atoms with E-state index in [0.717, 1.165) is 5.69 Å². The maximum absolute atomic E-state index is 11.8. The van der Waals surface area contributed by atoms with Gasteiger partial charge in [0.05, 0.1) is 4.90 Å². The Morgan fingerprint density at radius 3 is 2.48 bits per heavy atom. The average Bonchev–Trinajstić information content (AvgIpc) is 2.78. The highest BCUT2D eigenvalue weighted by atomic mass is 32.2. The molecule has 0 aliphatic heterocycles. The van der Waals surface area contributed by atoms with Gasteiger partial charge in [-0.15, -0.1) is 11.3 Å². The molecule has 114 valence electrons. The van der Waals surface area contributed by atoms with Gasteiger partial charge in [-0.05, 0) is 57.6 Å². The molecule has 1 atom stereocenters. The molecule has 1 aromatic carbocycles. The zero-order valence-corrected chi connectivity index (χ0v) is 14.2. The van der Waals surface area contributed by atoms with Crippen LogP contribution in [-0.4, -0.2) is 15.5 Å². The monoisotopic (exact) mass is 324 g/mol. The van der Waals surface area contributed by atoms with Crippen molar-refractivity contribution < 1.29 is 8.42 Å². The van der Waals surface area contributed by atoms with Crippen molar-refractivity contribution in [1.82, 2.24) is 4.72 Å². The Morgan fingerprint density at radius 1 is 1.19 bits per heavy atom. The van der Waals surface area contributed by atoms with Crippen LogP contribution in [0.1, 0.15) is 28.3 Å². The number of rotatable bonds is 5. The highest BCUT2D eigenvalue weighted by molar-refractivity contribution is 7.89. The minimum absolute atomic E-state index is 0.127. The molecule has 0 bridgehead atoms. The van der Waals surface area contributed by atoms with E-state index in [9.17, 15) is 8.42 Å². The average molecular weight is 324 g/mol. The first-order valence-electron chi connectivity index (χ1n) is 6.70. The summed E-state index contributed by atoms with van der Waals surface area (Å²) < 4.78 is 26.0. The van der Waals surface area contributed by atoms with Gasteiger partial charge in [-0.1, -0.05) is 6.07 Å². The topological polar surface area (TPSA) is 58.2 Å². The van der Waals surface area contributed by atoms with Crippen molar-refractivity contribution in [3.63, 3.8) is 0 Å². The van der Waals surface area contributed by atoms with Crippen LogP contribution in [0, 0.1) is 13.8 Å². The molecule has 0 radical (unpaired) electrons. The molecule has 1 heterocycles. The van der Waals surface area contributed by atoms with Gasteiger partial charge in [0.15, 0.2) is 0 Å². The zero-order valence-electron chi connectivity index (χ0n) is 12.6. The van der Waals surface area contributed by atoms with Crippen LogP contribution in [0.25, 0.3) is 0 Å². The fraction of sp³-hybridized carbons (Fsp3) is 0.333. The minimum Gasteiger partial charge on any atom is -0.378 e. The van der Waals surface area contributed by atoms with Gasteiger partial charge in [0, 0.05) is 21.5 Å². The third-order valence-electron chi connectivity index (χ3n) is 3.34. The molecule has 2 rings (SSSR count). The molecular formula is C15H20N2O2S2. The van der Waals surface area contributed by atoms with Gasteiger partial charge in [-0.2, -0.15) is 0 Å². The van der Waals surface area contributed by atoms with E-state index in [2.05, 4.69) is 36.9 Å². The lowest BCUT2D eigenvalue weighted by Gasteiger charge is -2.16. The fourth-order valence-electron chi connectivity index (χ4n) is 2.28. The summed E-state index contributed by atoms with van der Waals surface area (Å²) in [5.74, 6) is 0. The molecule has 2 aromatic rings. The molecule has 1 aromatic heterocycles. The number of hydrogen-bond acceptors (Lipinski definition) is 4. The zero-order chi connectivity index (χ0) is 15.6. The Labute approximate surface area is 130 Å². The number of benzene rings is 1. The predicted molar refractivity (Wildman–Crippen MR) is 88.5 cm³/mol. The Kier molecular flexibility index (Phi) is 4.70. The van der Waals surface area contributed by atoms with E-state index in [1.807, 2.05) is 6.07 Å². The number of sulfonamides is 1. The Bertz CT molecular complexity index is 736. The summed E-state index contributed by atoms with van der Waals surface area (Å²) in [7, 11) is -2.00. The lowest BCUT2D eigenvalue weighted by Crippen LogP contribution is -2.18. The first-order valence-corrected chi connectivity index (χ1v) is 9.00. The van der Waals surface area contributed by atoms with Crippen molar-refractivity contribution in [2.24, 2.45) is 0 Å². The van der Waals surface area contributed by atoms with Crippen LogP contribution >= 0.6 is 11.3 Å². The Morgan fingerprint density at radius 2 is 1.90 bits per heavy atom. The van der Waals surface area contributed by atoms with Crippen molar-refractivity contribution in [3.8, 4) is 0 Å². The molecule has 0 saturated carbocycles. The van der Waals surface area contributed by atoms with Gasteiger partial charge in [-0.25, -0.2) is 13.1 Å². The van der Waals surface area contributed by atoms with E-state index in [-0.39, 0.29) is 10.9 Å². The number of hydrogen-bond donors (Lipinski definition) is 2. The third kappa shape index (κ3) is 3.64. The highest BCUT2D eigenvalue weighted by Gasteiger charge is 2.14. The summed E-state index contributed by atoms with van der Waals surface area (Å²) in [6, 6.07) is 9.15. The van der Waals surface area contributed by atoms with Gasteiger partial charge < -0.3 is 5.32 Å². The summed E-state index contributed by atoms with van der Waals surface area (Å²) in [6.07, 6.45) is 0. The molecule has 0 aliphatic rings. The van der Waals surface area contributed by atoms with Crippen LogP contribution in [-0.2, 0) is 10.0 Å². The molecule has 0 fully saturated rings. The molecule has 4 nitrogen and oxygen atoms in total. The summed E-state index contributed by atoms with van der Waals surface area (Å²) in [5.41, 5.74) is 2.04. The second-order valence-electron chi connectivity index (χ2n) is 4.97. The third-order valence-corrected chi connectivity index (χ3v) is 5.74. The van der Waals surface area contributed by atoms with Crippen LogP contribution < -0.4 is 10.0 Å². The van der Waals surface area contributed by atoms with Crippen LogP contribution in [0.3, 0.4) is 0 Å². The lowest BCUT2D eigenvalue weighted by molar-refractivity contribution is 0.588. The molecule has 21 heavy (non-hydrogen) atoms. The van der Waals surface area contributed by atoms with Gasteiger partial charge in [0.1, 0.15) is 0 Å². The van der Waals surface area contributed by atoms with Crippen molar-refractivity contribution >= 4 is 27.0 Å². The molecule has 6 heteroatoms. The minimum atomic E-state index is -3.41. The number of nitrogens with one attached hydrogen (secondary N) is 2. The van der Waals surface area contributed by atoms with Crippen LogP contribution in [0.2, 0.25) is 0 Å². The Hall–Kier alpha value is -1.37. The largest absolute Gasteiger partial charge is 0.378 e. The van der Waals surface area contributed by atoms with Gasteiger partial charge in [0.2, 0.25) is 10.0 Å². The van der Waals surface area contributed by atoms with Gasteiger partial charge >= 0.3 is 0 Å². The molecule has 0 spiro atoms. The van der Waals surface area contributed by atoms with Crippen molar-refractivity contribution in [2.75, 3.05) is 12.4 Å². The van der Waals surface area contributed by atoms with E-state index in [4.69, 9.17) is 0 Å². The summed E-state index contributed by atoms with van der Waals surface area (Å²) >= 11 is 1.77. The summed E-state index contributed by atoms with van der Waals surface area (Å²) in [4.78, 5) is 2.83. The second kappa shape index (κ2) is 6.17. The highest BCUT2D eigenvalue weighted by Crippen LogP contribution is 2.29. The molecule has 1 unspecified atom stereocenters. The van der Waals surface area contributed by atoms with E-state index < -0.39 is 10.0 Å². The first kappa shape index (κ1) is 16.0. The fourth-order valence-corrected chi connectivity index (χ4v) is 4.08. The number of aryl methyl sites for hydroxylation is 2. The van der Waals surface area contributed by atoms with Gasteiger partial charge in [0.25, 0.3) is 0 Å². The molecular weight excluding hydrogens is 304 g/mol. The molecule has 0 saturated heterocycles. The van der Waals surface area contributed by atoms with Crippen LogP contribution in [0.5, 0.6) is 0 Å². The quantitative estimate of drug-likeness (QED) is 0.885. The second-order valence-corrected chi connectivity index (χ2v) is 8.32.